The van der Waals surface area contributed by atoms with Crippen molar-refractivity contribution in [2.75, 3.05) is 20.3 Å². The Bertz CT molecular complexity index is 902. The molecule has 0 aliphatic carbocycles. The first-order valence-electron chi connectivity index (χ1n) is 8.96. The first-order chi connectivity index (χ1) is 14.3. The van der Waals surface area contributed by atoms with E-state index >= 15 is 0 Å². The number of methoxy groups -OCH3 is 1. The first-order valence-corrected chi connectivity index (χ1v) is 10.4. The van der Waals surface area contributed by atoms with Crippen LogP contribution in [0.15, 0.2) is 29.2 Å². The van der Waals surface area contributed by atoms with Crippen molar-refractivity contribution in [1.82, 2.24) is 10.0 Å². The van der Waals surface area contributed by atoms with E-state index in [0.29, 0.717) is 12.1 Å². The van der Waals surface area contributed by atoms with Crippen LogP contribution < -0.4 is 10.0 Å². The molecule has 0 aliphatic heterocycles. The molecule has 13 heteroatoms. The van der Waals surface area contributed by atoms with Crippen molar-refractivity contribution in [2.24, 2.45) is 5.92 Å². The van der Waals surface area contributed by atoms with E-state index in [4.69, 9.17) is 0 Å². The molecule has 0 spiro atoms. The number of hydrogen-bond donors (Lipinski definition) is 2. The second kappa shape index (κ2) is 11.1. The molecule has 1 unspecified atom stereocenters. The molecule has 174 valence electrons. The largest absolute Gasteiger partial charge is 0.467 e. The zero-order valence-corrected chi connectivity index (χ0v) is 17.8. The van der Waals surface area contributed by atoms with Crippen molar-refractivity contribution in [1.29, 1.82) is 0 Å². The highest BCUT2D eigenvalue weighted by molar-refractivity contribution is 7.89. The number of halogens is 3. The molecule has 0 aromatic heterocycles. The third-order valence-corrected chi connectivity index (χ3v) is 5.17. The van der Waals surface area contributed by atoms with E-state index in [1.807, 2.05) is 13.8 Å². The van der Waals surface area contributed by atoms with E-state index in [1.165, 1.54) is 0 Å². The fourth-order valence-corrected chi connectivity index (χ4v) is 3.35. The van der Waals surface area contributed by atoms with Crippen LogP contribution in [0.4, 0.5) is 13.2 Å². The molecule has 1 amide bonds. The van der Waals surface area contributed by atoms with Crippen molar-refractivity contribution in [3.8, 4) is 0 Å². The van der Waals surface area contributed by atoms with Crippen molar-refractivity contribution >= 4 is 27.9 Å². The zero-order chi connectivity index (χ0) is 23.8. The average molecular weight is 468 g/mol. The Labute approximate surface area is 177 Å². The Morgan fingerprint density at radius 1 is 1.16 bits per heavy atom. The molecule has 31 heavy (non-hydrogen) atoms. The molecule has 0 saturated heterocycles. The van der Waals surface area contributed by atoms with E-state index in [9.17, 15) is 36.0 Å². The molecule has 0 radical (unpaired) electrons. The third kappa shape index (κ3) is 8.92. The number of sulfonamides is 1. The summed E-state index contributed by atoms with van der Waals surface area (Å²) in [7, 11) is -3.29. The first kappa shape index (κ1) is 26.4. The topological polar surface area (TPSA) is 128 Å². The van der Waals surface area contributed by atoms with Crippen molar-refractivity contribution in [3.63, 3.8) is 0 Å². The molecule has 0 fully saturated rings. The summed E-state index contributed by atoms with van der Waals surface area (Å²) in [6.07, 6.45) is -4.46. The lowest BCUT2D eigenvalue weighted by Gasteiger charge is -2.18. The second-order valence-electron chi connectivity index (χ2n) is 6.78. The monoisotopic (exact) mass is 468 g/mol. The summed E-state index contributed by atoms with van der Waals surface area (Å²) in [6.45, 7) is 1.92. The molecule has 2 N–H and O–H groups in total. The van der Waals surface area contributed by atoms with E-state index in [2.05, 4.69) is 14.8 Å². The predicted octanol–water partition coefficient (Wildman–Crippen LogP) is 1.23. The molecule has 0 saturated carbocycles. The van der Waals surface area contributed by atoms with E-state index in [0.717, 1.165) is 19.2 Å². The molecular formula is C18H23F3N2O7S. The van der Waals surface area contributed by atoms with Gasteiger partial charge in [0.1, 0.15) is 12.6 Å². The van der Waals surface area contributed by atoms with Crippen molar-refractivity contribution < 1.29 is 45.4 Å². The SMILES string of the molecule is COC(=O)C(CC(C)C)NC(=O)COC(=O)CNS(=O)(=O)c1cccc(C(F)(F)F)c1. The Morgan fingerprint density at radius 2 is 1.81 bits per heavy atom. The fraction of sp³-hybridized carbons (Fsp3) is 0.500. The normalized spacial score (nSPS) is 12.9. The van der Waals surface area contributed by atoms with Gasteiger partial charge in [-0.1, -0.05) is 19.9 Å². The van der Waals surface area contributed by atoms with Gasteiger partial charge in [0.25, 0.3) is 5.91 Å². The van der Waals surface area contributed by atoms with Gasteiger partial charge in [-0.15, -0.1) is 0 Å². The van der Waals surface area contributed by atoms with Gasteiger partial charge in [-0.3, -0.25) is 9.59 Å². The summed E-state index contributed by atoms with van der Waals surface area (Å²) in [5, 5.41) is 2.34. The standard InChI is InChI=1S/C18H23F3N2O7S/c1-11(2)7-14(17(26)29-3)23-15(24)10-30-16(25)9-22-31(27,28)13-6-4-5-12(8-13)18(19,20)21/h4-6,8,11,14,22H,7,9-10H2,1-3H3,(H,23,24). The fourth-order valence-electron chi connectivity index (χ4n) is 2.34. The van der Waals surface area contributed by atoms with Crippen molar-refractivity contribution in [2.45, 2.75) is 37.4 Å². The molecule has 1 rings (SSSR count). The summed E-state index contributed by atoms with van der Waals surface area (Å²) < 4.78 is 73.4. The Hall–Kier alpha value is -2.67. The third-order valence-electron chi connectivity index (χ3n) is 3.77. The molecule has 0 bridgehead atoms. The van der Waals surface area contributed by atoms with E-state index in [-0.39, 0.29) is 12.3 Å². The van der Waals surface area contributed by atoms with Gasteiger partial charge >= 0.3 is 18.1 Å². The second-order valence-corrected chi connectivity index (χ2v) is 8.55. The highest BCUT2D eigenvalue weighted by Crippen LogP contribution is 2.30. The summed E-state index contributed by atoms with van der Waals surface area (Å²) in [5.74, 6) is -2.59. The molecule has 1 atom stereocenters. The Kier molecular flexibility index (Phi) is 9.43. The Balaban J connectivity index is 2.61. The number of ether oxygens (including phenoxy) is 2. The Morgan fingerprint density at radius 3 is 2.35 bits per heavy atom. The lowest BCUT2D eigenvalue weighted by atomic mass is 10.0. The van der Waals surface area contributed by atoms with Gasteiger partial charge in [-0.2, -0.15) is 17.9 Å². The molecular weight excluding hydrogens is 445 g/mol. The van der Waals surface area contributed by atoms with E-state index < -0.39 is 63.7 Å². The highest BCUT2D eigenvalue weighted by atomic mass is 32.2. The summed E-state index contributed by atoms with van der Waals surface area (Å²) >= 11 is 0. The van der Waals surface area contributed by atoms with Gasteiger partial charge < -0.3 is 14.8 Å². The van der Waals surface area contributed by atoms with Gasteiger partial charge in [-0.25, -0.2) is 13.2 Å². The summed E-state index contributed by atoms with van der Waals surface area (Å²) in [4.78, 5) is 34.5. The van der Waals surface area contributed by atoms with Crippen LogP contribution in [0, 0.1) is 5.92 Å². The zero-order valence-electron chi connectivity index (χ0n) is 17.0. The van der Waals surface area contributed by atoms with Gasteiger partial charge in [0.05, 0.1) is 17.6 Å². The van der Waals surface area contributed by atoms with Crippen LogP contribution in [0.5, 0.6) is 0 Å². The number of alkyl halides is 3. The van der Waals surface area contributed by atoms with Gasteiger partial charge in [0.2, 0.25) is 10.0 Å². The van der Waals surface area contributed by atoms with Crippen LogP contribution in [-0.2, 0) is 40.1 Å². The van der Waals surface area contributed by atoms with Gasteiger partial charge in [0.15, 0.2) is 6.61 Å². The minimum absolute atomic E-state index is 0.0530. The molecule has 1 aromatic rings. The molecule has 0 aliphatic rings. The lowest BCUT2D eigenvalue weighted by molar-refractivity contribution is -0.149. The van der Waals surface area contributed by atoms with Crippen LogP contribution in [0.2, 0.25) is 0 Å². The summed E-state index contributed by atoms with van der Waals surface area (Å²) in [6, 6.07) is 2.01. The van der Waals surface area contributed by atoms with Crippen LogP contribution in [0.1, 0.15) is 25.8 Å². The predicted molar refractivity (Wildman–Crippen MR) is 101 cm³/mol. The number of carbonyl (C=O) groups excluding carboxylic acids is 3. The minimum Gasteiger partial charge on any atom is -0.467 e. The minimum atomic E-state index is -4.74. The lowest BCUT2D eigenvalue weighted by Crippen LogP contribution is -2.44. The molecule has 1 aromatic carbocycles. The van der Waals surface area contributed by atoms with Gasteiger partial charge in [0, 0.05) is 0 Å². The number of amides is 1. The number of hydrogen-bond acceptors (Lipinski definition) is 7. The average Bonchev–Trinajstić information content (AvgIpc) is 2.68. The maximum absolute atomic E-state index is 12.7. The molecule has 0 heterocycles. The van der Waals surface area contributed by atoms with Crippen LogP contribution in [-0.4, -0.2) is 52.6 Å². The van der Waals surface area contributed by atoms with Crippen LogP contribution in [0.3, 0.4) is 0 Å². The quantitative estimate of drug-likeness (QED) is 0.495. The number of nitrogens with one attached hydrogen (secondary N) is 2. The van der Waals surface area contributed by atoms with Gasteiger partial charge in [-0.05, 0) is 30.5 Å². The maximum Gasteiger partial charge on any atom is 0.416 e. The number of benzene rings is 1. The summed E-state index contributed by atoms with van der Waals surface area (Å²) in [5.41, 5.74) is -1.17. The number of rotatable bonds is 10. The molecule has 9 nitrogen and oxygen atoms in total. The number of carbonyl (C=O) groups is 3. The maximum atomic E-state index is 12.7. The van der Waals surface area contributed by atoms with Crippen LogP contribution >= 0.6 is 0 Å². The smallest absolute Gasteiger partial charge is 0.416 e. The van der Waals surface area contributed by atoms with Crippen LogP contribution in [0.25, 0.3) is 0 Å². The number of esters is 2. The van der Waals surface area contributed by atoms with E-state index in [1.54, 1.807) is 4.72 Å². The van der Waals surface area contributed by atoms with Crippen molar-refractivity contribution in [3.05, 3.63) is 29.8 Å². The highest BCUT2D eigenvalue weighted by Gasteiger charge is 2.31.